The summed E-state index contributed by atoms with van der Waals surface area (Å²) in [6.07, 6.45) is 76.3. The smallest absolute Gasteiger partial charge is 0.462 e. The maximum atomic E-state index is 13.2. The average molecular weight is 1610 g/mol. The molecule has 0 aliphatic carbocycles. The normalized spacial score (nSPS) is 14.0. The van der Waals surface area contributed by atoms with Crippen LogP contribution in [0.5, 0.6) is 0 Å². The van der Waals surface area contributed by atoms with Crippen LogP contribution in [0.2, 0.25) is 0 Å². The summed E-state index contributed by atoms with van der Waals surface area (Å²) >= 11 is 0. The average Bonchev–Trinajstić information content (AvgIpc) is 0.898. The minimum atomic E-state index is -4.97. The van der Waals surface area contributed by atoms with Crippen LogP contribution in [0.25, 0.3) is 0 Å². The van der Waals surface area contributed by atoms with E-state index in [1.165, 1.54) is 308 Å². The number of aliphatic hydroxyl groups excluding tert-OH is 1. The predicted molar refractivity (Wildman–Crippen MR) is 455 cm³/mol. The van der Waals surface area contributed by atoms with Crippen molar-refractivity contribution in [3.05, 3.63) is 0 Å². The first-order valence-corrected chi connectivity index (χ1v) is 50.0. The van der Waals surface area contributed by atoms with E-state index in [2.05, 4.69) is 41.5 Å². The molecule has 0 aromatic rings. The van der Waals surface area contributed by atoms with Crippen LogP contribution in [0, 0.1) is 11.8 Å². The van der Waals surface area contributed by atoms with Crippen molar-refractivity contribution >= 4 is 39.5 Å². The Balaban J connectivity index is 5.26. The molecule has 6 atom stereocenters. The molecule has 0 heterocycles. The van der Waals surface area contributed by atoms with Gasteiger partial charge >= 0.3 is 39.5 Å². The zero-order chi connectivity index (χ0) is 80.6. The lowest BCUT2D eigenvalue weighted by Crippen LogP contribution is -2.30. The minimum absolute atomic E-state index is 0.108. The molecule has 0 saturated heterocycles. The van der Waals surface area contributed by atoms with Crippen molar-refractivity contribution in [3.63, 3.8) is 0 Å². The summed E-state index contributed by atoms with van der Waals surface area (Å²) < 4.78 is 69.1. The van der Waals surface area contributed by atoms with E-state index in [0.29, 0.717) is 25.7 Å². The van der Waals surface area contributed by atoms with Gasteiger partial charge in [0.05, 0.1) is 26.4 Å². The Kier molecular flexibility index (Phi) is 80.7. The maximum absolute atomic E-state index is 13.2. The number of carbonyl (C=O) groups is 4. The van der Waals surface area contributed by atoms with Crippen LogP contribution >= 0.6 is 15.6 Å². The van der Waals surface area contributed by atoms with Crippen molar-refractivity contribution < 1.29 is 80.2 Å². The van der Waals surface area contributed by atoms with E-state index in [0.717, 1.165) is 102 Å². The number of rotatable bonds is 90. The molecule has 0 rings (SSSR count). The molecule has 110 heavy (non-hydrogen) atoms. The van der Waals surface area contributed by atoms with Gasteiger partial charge in [-0.3, -0.25) is 37.3 Å². The van der Waals surface area contributed by atoms with Gasteiger partial charge in [0.1, 0.15) is 19.3 Å². The molecule has 3 unspecified atom stereocenters. The molecule has 0 saturated carbocycles. The highest BCUT2D eigenvalue weighted by atomic mass is 31.2. The summed E-state index contributed by atoms with van der Waals surface area (Å²) in [5.41, 5.74) is 0. The van der Waals surface area contributed by atoms with E-state index in [-0.39, 0.29) is 25.7 Å². The molecule has 19 heteroatoms. The number of carbonyl (C=O) groups excluding carboxylic acids is 4. The second-order valence-corrected chi connectivity index (χ2v) is 36.3. The summed E-state index contributed by atoms with van der Waals surface area (Å²) in [7, 11) is -9.94. The first-order chi connectivity index (χ1) is 53.4. The van der Waals surface area contributed by atoms with Crippen molar-refractivity contribution in [2.24, 2.45) is 11.8 Å². The quantitative estimate of drug-likeness (QED) is 0.0222. The molecule has 0 bridgehead atoms. The molecule has 17 nitrogen and oxygen atoms in total. The lowest BCUT2D eigenvalue weighted by atomic mass is 9.99. The molecule has 0 radical (unpaired) electrons. The van der Waals surface area contributed by atoms with Crippen molar-refractivity contribution in [2.75, 3.05) is 39.6 Å². The number of esters is 4. The van der Waals surface area contributed by atoms with Crippen LogP contribution in [0.1, 0.15) is 491 Å². The van der Waals surface area contributed by atoms with Gasteiger partial charge in [0, 0.05) is 25.7 Å². The number of hydrogen-bond donors (Lipinski definition) is 3. The van der Waals surface area contributed by atoms with Gasteiger partial charge in [-0.05, 0) is 37.5 Å². The van der Waals surface area contributed by atoms with Crippen molar-refractivity contribution in [1.29, 1.82) is 0 Å². The Morgan fingerprint density at radius 2 is 0.464 bits per heavy atom. The van der Waals surface area contributed by atoms with Crippen molar-refractivity contribution in [2.45, 2.75) is 509 Å². The van der Waals surface area contributed by atoms with Crippen LogP contribution in [-0.4, -0.2) is 96.7 Å². The van der Waals surface area contributed by atoms with Crippen LogP contribution in [0.4, 0.5) is 0 Å². The maximum Gasteiger partial charge on any atom is 0.472 e. The second kappa shape index (κ2) is 82.2. The predicted octanol–water partition coefficient (Wildman–Crippen LogP) is 28.2. The van der Waals surface area contributed by atoms with E-state index >= 15 is 0 Å². The highest BCUT2D eigenvalue weighted by molar-refractivity contribution is 7.47. The molecule has 0 aromatic heterocycles. The Morgan fingerprint density at radius 3 is 0.691 bits per heavy atom. The van der Waals surface area contributed by atoms with Gasteiger partial charge in [0.25, 0.3) is 0 Å². The Hall–Kier alpha value is -1.94. The number of ether oxygens (including phenoxy) is 4. The van der Waals surface area contributed by atoms with E-state index < -0.39 is 97.5 Å². The van der Waals surface area contributed by atoms with Crippen LogP contribution in [0.15, 0.2) is 0 Å². The van der Waals surface area contributed by atoms with Gasteiger partial charge in [0.15, 0.2) is 12.2 Å². The molecule has 0 aromatic carbocycles. The van der Waals surface area contributed by atoms with Gasteiger partial charge in [-0.25, -0.2) is 9.13 Å². The highest BCUT2D eigenvalue weighted by Gasteiger charge is 2.31. The third kappa shape index (κ3) is 82.6. The molecule has 3 N–H and O–H groups in total. The number of phosphoric acid groups is 2. The topological polar surface area (TPSA) is 237 Å². The second-order valence-electron chi connectivity index (χ2n) is 33.4. The molecule has 0 spiro atoms. The third-order valence-electron chi connectivity index (χ3n) is 21.8. The molecule has 0 fully saturated rings. The van der Waals surface area contributed by atoms with Gasteiger partial charge < -0.3 is 33.8 Å². The van der Waals surface area contributed by atoms with Crippen LogP contribution < -0.4 is 0 Å². The zero-order valence-corrected chi connectivity index (χ0v) is 74.4. The van der Waals surface area contributed by atoms with E-state index in [4.69, 9.17) is 37.0 Å². The summed E-state index contributed by atoms with van der Waals surface area (Å²) in [5.74, 6) is -0.435. The van der Waals surface area contributed by atoms with E-state index in [1.807, 2.05) is 0 Å². The lowest BCUT2D eigenvalue weighted by molar-refractivity contribution is -0.161. The zero-order valence-electron chi connectivity index (χ0n) is 72.6. The van der Waals surface area contributed by atoms with Crippen LogP contribution in [-0.2, 0) is 65.4 Å². The molecule has 0 aliphatic heterocycles. The Morgan fingerprint density at radius 1 is 0.264 bits per heavy atom. The molecule has 0 aliphatic rings. The monoisotopic (exact) mass is 1610 g/mol. The fourth-order valence-electron chi connectivity index (χ4n) is 14.3. The number of phosphoric ester groups is 2. The summed E-state index contributed by atoms with van der Waals surface area (Å²) in [4.78, 5) is 73.5. The van der Waals surface area contributed by atoms with Crippen LogP contribution in [0.3, 0.4) is 0 Å². The summed E-state index contributed by atoms with van der Waals surface area (Å²) in [6.45, 7) is 9.80. The summed E-state index contributed by atoms with van der Waals surface area (Å²) in [5, 5.41) is 10.7. The Bertz CT molecular complexity index is 2100. The van der Waals surface area contributed by atoms with Gasteiger partial charge in [0.2, 0.25) is 0 Å². The first-order valence-electron chi connectivity index (χ1n) is 47.0. The Labute approximate surface area is 677 Å². The lowest BCUT2D eigenvalue weighted by Gasteiger charge is -2.21. The van der Waals surface area contributed by atoms with Crippen molar-refractivity contribution in [3.8, 4) is 0 Å². The molecular formula is C91H178O17P2. The van der Waals surface area contributed by atoms with E-state index in [1.54, 1.807) is 0 Å². The fourth-order valence-corrected chi connectivity index (χ4v) is 15.9. The number of aliphatic hydroxyl groups is 1. The largest absolute Gasteiger partial charge is 0.472 e. The number of hydrogen-bond acceptors (Lipinski definition) is 15. The van der Waals surface area contributed by atoms with Gasteiger partial charge in [-0.15, -0.1) is 0 Å². The molecule has 654 valence electrons. The molecule has 0 amide bonds. The minimum Gasteiger partial charge on any atom is -0.462 e. The number of unbranched alkanes of at least 4 members (excludes halogenated alkanes) is 59. The van der Waals surface area contributed by atoms with Crippen molar-refractivity contribution in [1.82, 2.24) is 0 Å². The highest BCUT2D eigenvalue weighted by Crippen LogP contribution is 2.45. The SMILES string of the molecule is CCCCCCCCCCCCCCCCCCCCCCC(=O)O[C@H](COC(=O)CCCCCCCCCCCCCCCCCCC(C)C)COP(=O)(O)OC[C@@H](O)COP(=O)(O)OC[C@@H](COC(=O)CCCCCCCCCCCCCCC)OC(=O)CCCCCCCCCCCCCCCCC(C)CC. The third-order valence-corrected chi connectivity index (χ3v) is 23.7. The first kappa shape index (κ1) is 108. The standard InChI is InChI=1S/C91H178O17P2/c1-7-10-12-14-16-18-20-22-23-24-25-26-27-32-39-45-51-57-63-69-75-90(95)107-87(80-102-89(94)74-68-62-56-50-44-38-31-29-28-30-36-41-47-53-59-65-71-83(4)5)82-106-110(99,100)104-78-85(92)77-103-109(97,98)105-81-86(79-101-88(93)73-67-61-55-49-43-35-21-19-17-15-13-11-8-2)108-91(96)76-70-64-58-52-46-40-34-33-37-42-48-54-60-66-72-84(6)9-3/h83-87,92H,7-82H2,1-6H3,(H,97,98)(H,99,100)/t84?,85-,86+,87+/m0/s1. The molecular weight excluding hydrogens is 1430 g/mol. The van der Waals surface area contributed by atoms with Gasteiger partial charge in [-0.2, -0.15) is 0 Å². The summed E-state index contributed by atoms with van der Waals surface area (Å²) in [6, 6.07) is 0. The fraction of sp³-hybridized carbons (Fsp3) is 0.956. The van der Waals surface area contributed by atoms with E-state index in [9.17, 15) is 43.2 Å². The van der Waals surface area contributed by atoms with Gasteiger partial charge in [-0.1, -0.05) is 440 Å².